The molecule has 3 rings (SSSR count). The van der Waals surface area contributed by atoms with Crippen molar-refractivity contribution in [2.75, 3.05) is 0 Å². The molecule has 2 N–H and O–H groups in total. The van der Waals surface area contributed by atoms with Crippen LogP contribution < -0.4 is 15.5 Å². The fourth-order valence-electron chi connectivity index (χ4n) is 3.22. The number of amides is 2. The minimum atomic E-state index is -0.745. The fourth-order valence-corrected chi connectivity index (χ4v) is 3.22. The number of ether oxygens (including phenoxy) is 1. The molecule has 1 fully saturated rings. The van der Waals surface area contributed by atoms with Gasteiger partial charge < -0.3 is 10.1 Å². The third kappa shape index (κ3) is 6.75. The van der Waals surface area contributed by atoms with E-state index in [-0.39, 0.29) is 6.04 Å². The van der Waals surface area contributed by atoms with Crippen molar-refractivity contribution in [1.29, 1.82) is 0 Å². The number of rotatable bonds is 6. The van der Waals surface area contributed by atoms with Crippen molar-refractivity contribution in [3.8, 4) is 5.75 Å². The molecule has 6 heteroatoms. The molecule has 2 amide bonds. The van der Waals surface area contributed by atoms with Crippen LogP contribution in [0.1, 0.15) is 48.8 Å². The van der Waals surface area contributed by atoms with Crippen LogP contribution >= 0.6 is 0 Å². The van der Waals surface area contributed by atoms with E-state index >= 15 is 0 Å². The maximum absolute atomic E-state index is 11.9. The van der Waals surface area contributed by atoms with Crippen LogP contribution in [-0.2, 0) is 16.2 Å². The number of hydrogen-bond donors (Lipinski definition) is 2. The molecule has 1 saturated carbocycles. The Morgan fingerprint density at radius 2 is 1.69 bits per heavy atom. The Morgan fingerprint density at radius 3 is 2.38 bits per heavy atom. The summed E-state index contributed by atoms with van der Waals surface area (Å²) in [5, 5.41) is 6.62. The summed E-state index contributed by atoms with van der Waals surface area (Å²) < 4.78 is 5.77. The van der Waals surface area contributed by atoms with Gasteiger partial charge in [0.1, 0.15) is 12.4 Å². The van der Waals surface area contributed by atoms with E-state index in [1.807, 2.05) is 36.4 Å². The van der Waals surface area contributed by atoms with Crippen LogP contribution in [-0.4, -0.2) is 24.1 Å². The number of nitrogens with one attached hydrogen (secondary N) is 2. The average Bonchev–Trinajstić information content (AvgIpc) is 2.75. The Hall–Kier alpha value is -3.15. The lowest BCUT2D eigenvalue weighted by atomic mass is 9.95. The third-order valence-corrected chi connectivity index (χ3v) is 4.93. The number of nitrogens with zero attached hydrogens (tertiary/aromatic N) is 1. The van der Waals surface area contributed by atoms with E-state index in [4.69, 9.17) is 4.74 Å². The van der Waals surface area contributed by atoms with Crippen molar-refractivity contribution < 1.29 is 14.3 Å². The second-order valence-corrected chi connectivity index (χ2v) is 7.35. The average molecular weight is 393 g/mol. The summed E-state index contributed by atoms with van der Waals surface area (Å²) in [7, 11) is 0. The van der Waals surface area contributed by atoms with Gasteiger partial charge in [0.2, 0.25) is 0 Å². The van der Waals surface area contributed by atoms with E-state index in [0.717, 1.165) is 42.6 Å². The van der Waals surface area contributed by atoms with E-state index in [9.17, 15) is 9.59 Å². The maximum Gasteiger partial charge on any atom is 0.329 e. The Bertz CT molecular complexity index is 839. The first-order valence-corrected chi connectivity index (χ1v) is 10.0. The SMILES string of the molecule is Cc1ccc(COc2ccc(/C=N\NC(=O)C(=O)NC3CCCCC3)cc2)cc1. The topological polar surface area (TPSA) is 79.8 Å². The Labute approximate surface area is 171 Å². The van der Waals surface area contributed by atoms with Crippen LogP contribution in [0.4, 0.5) is 0 Å². The van der Waals surface area contributed by atoms with Crippen molar-refractivity contribution in [2.45, 2.75) is 51.7 Å². The third-order valence-electron chi connectivity index (χ3n) is 4.93. The summed E-state index contributed by atoms with van der Waals surface area (Å²) >= 11 is 0. The molecule has 0 saturated heterocycles. The largest absolute Gasteiger partial charge is 0.489 e. The molecule has 1 aliphatic carbocycles. The lowest BCUT2D eigenvalue weighted by molar-refractivity contribution is -0.139. The molecular weight excluding hydrogens is 366 g/mol. The molecule has 152 valence electrons. The molecule has 0 atom stereocenters. The van der Waals surface area contributed by atoms with Crippen molar-refractivity contribution in [1.82, 2.24) is 10.7 Å². The van der Waals surface area contributed by atoms with Crippen LogP contribution in [0.3, 0.4) is 0 Å². The summed E-state index contributed by atoms with van der Waals surface area (Å²) in [5.74, 6) is -0.627. The smallest absolute Gasteiger partial charge is 0.329 e. The number of benzene rings is 2. The molecule has 2 aromatic carbocycles. The molecule has 0 bridgehead atoms. The number of hydrogen-bond acceptors (Lipinski definition) is 4. The van der Waals surface area contributed by atoms with E-state index < -0.39 is 11.8 Å². The Morgan fingerprint density at radius 1 is 1.00 bits per heavy atom. The molecule has 0 aliphatic heterocycles. The predicted molar refractivity (Wildman–Crippen MR) is 113 cm³/mol. The van der Waals surface area contributed by atoms with Crippen LogP contribution in [0.25, 0.3) is 0 Å². The molecule has 1 aliphatic rings. The summed E-state index contributed by atoms with van der Waals surface area (Å²) in [5.41, 5.74) is 5.39. The van der Waals surface area contributed by atoms with Crippen LogP contribution in [0, 0.1) is 6.92 Å². The highest BCUT2D eigenvalue weighted by molar-refractivity contribution is 6.35. The second-order valence-electron chi connectivity index (χ2n) is 7.35. The van der Waals surface area contributed by atoms with E-state index in [1.54, 1.807) is 0 Å². The van der Waals surface area contributed by atoms with Gasteiger partial charge >= 0.3 is 11.8 Å². The van der Waals surface area contributed by atoms with Gasteiger partial charge in [0.15, 0.2) is 0 Å². The molecule has 0 heterocycles. The minimum Gasteiger partial charge on any atom is -0.489 e. The predicted octanol–water partition coefficient (Wildman–Crippen LogP) is 3.47. The fraction of sp³-hybridized carbons (Fsp3) is 0.348. The standard InChI is InChI=1S/C23H27N3O3/c1-17-7-9-19(10-8-17)16-29-21-13-11-18(12-14-21)15-24-26-23(28)22(27)25-20-5-3-2-4-6-20/h7-15,20H,2-6,16H2,1H3,(H,25,27)(H,26,28)/b24-15-. The van der Waals surface area contributed by atoms with Crippen molar-refractivity contribution in [3.05, 3.63) is 65.2 Å². The van der Waals surface area contributed by atoms with Crippen LogP contribution in [0.2, 0.25) is 0 Å². The molecule has 0 aromatic heterocycles. The molecule has 29 heavy (non-hydrogen) atoms. The zero-order valence-electron chi connectivity index (χ0n) is 16.7. The molecule has 0 spiro atoms. The molecule has 2 aromatic rings. The first-order chi connectivity index (χ1) is 14.1. The number of carbonyl (C=O) groups excluding carboxylic acids is 2. The highest BCUT2D eigenvalue weighted by Gasteiger charge is 2.19. The van der Waals surface area contributed by atoms with E-state index in [0.29, 0.717) is 6.61 Å². The number of aryl methyl sites for hydroxylation is 1. The lowest BCUT2D eigenvalue weighted by Crippen LogP contribution is -2.44. The number of carbonyl (C=O) groups is 2. The van der Waals surface area contributed by atoms with Gasteiger partial charge in [-0.05, 0) is 55.2 Å². The highest BCUT2D eigenvalue weighted by Crippen LogP contribution is 2.17. The zero-order valence-corrected chi connectivity index (χ0v) is 16.7. The summed E-state index contributed by atoms with van der Waals surface area (Å²) in [6.45, 7) is 2.55. The van der Waals surface area contributed by atoms with Gasteiger partial charge in [-0.2, -0.15) is 5.10 Å². The van der Waals surface area contributed by atoms with Crippen molar-refractivity contribution in [3.63, 3.8) is 0 Å². The maximum atomic E-state index is 11.9. The summed E-state index contributed by atoms with van der Waals surface area (Å²) in [6.07, 6.45) is 6.74. The van der Waals surface area contributed by atoms with Gasteiger partial charge in [0.25, 0.3) is 0 Å². The van der Waals surface area contributed by atoms with E-state index in [1.165, 1.54) is 18.2 Å². The van der Waals surface area contributed by atoms with Crippen molar-refractivity contribution in [2.24, 2.45) is 5.10 Å². The lowest BCUT2D eigenvalue weighted by Gasteiger charge is -2.22. The second kappa shape index (κ2) is 10.4. The van der Waals surface area contributed by atoms with Crippen LogP contribution in [0.15, 0.2) is 53.6 Å². The summed E-state index contributed by atoms with van der Waals surface area (Å²) in [4.78, 5) is 23.7. The van der Waals surface area contributed by atoms with Gasteiger partial charge in [-0.3, -0.25) is 9.59 Å². The number of hydrazone groups is 1. The van der Waals surface area contributed by atoms with Crippen LogP contribution in [0.5, 0.6) is 5.75 Å². The highest BCUT2D eigenvalue weighted by atomic mass is 16.5. The normalized spacial score (nSPS) is 14.5. The Balaban J connectivity index is 1.42. The Kier molecular flexibility index (Phi) is 7.39. The summed E-state index contributed by atoms with van der Waals surface area (Å²) in [6, 6.07) is 15.7. The first kappa shape index (κ1) is 20.6. The van der Waals surface area contributed by atoms with E-state index in [2.05, 4.69) is 34.9 Å². The first-order valence-electron chi connectivity index (χ1n) is 10.0. The van der Waals surface area contributed by atoms with Gasteiger partial charge in [-0.15, -0.1) is 0 Å². The molecule has 0 radical (unpaired) electrons. The molecule has 6 nitrogen and oxygen atoms in total. The van der Waals surface area contributed by atoms with Gasteiger partial charge in [-0.25, -0.2) is 5.43 Å². The molecule has 0 unspecified atom stereocenters. The van der Waals surface area contributed by atoms with Gasteiger partial charge in [-0.1, -0.05) is 49.1 Å². The monoisotopic (exact) mass is 393 g/mol. The zero-order chi connectivity index (χ0) is 20.5. The minimum absolute atomic E-state index is 0.0958. The van der Waals surface area contributed by atoms with Gasteiger partial charge in [0.05, 0.1) is 6.21 Å². The molecular formula is C23H27N3O3. The van der Waals surface area contributed by atoms with Crippen molar-refractivity contribution >= 4 is 18.0 Å². The van der Waals surface area contributed by atoms with Gasteiger partial charge in [0, 0.05) is 6.04 Å². The quantitative estimate of drug-likeness (QED) is 0.448.